The number of methoxy groups -OCH3 is 1. The molecule has 2 aromatic rings. The number of benzene rings is 2. The van der Waals surface area contributed by atoms with Gasteiger partial charge < -0.3 is 24.4 Å². The lowest BCUT2D eigenvalue weighted by molar-refractivity contribution is -0.123. The van der Waals surface area contributed by atoms with Crippen LogP contribution >= 0.6 is 0 Å². The zero-order valence-electron chi connectivity index (χ0n) is 20.0. The summed E-state index contributed by atoms with van der Waals surface area (Å²) in [6, 6.07) is 12.7. The van der Waals surface area contributed by atoms with E-state index in [0.29, 0.717) is 54.8 Å². The molecule has 1 aliphatic rings. The van der Waals surface area contributed by atoms with Gasteiger partial charge in [-0.25, -0.2) is 0 Å². The van der Waals surface area contributed by atoms with E-state index in [2.05, 4.69) is 19.2 Å². The van der Waals surface area contributed by atoms with Crippen LogP contribution in [0.1, 0.15) is 48.5 Å². The second-order valence-corrected chi connectivity index (χ2v) is 8.40. The van der Waals surface area contributed by atoms with Gasteiger partial charge in [0.1, 0.15) is 11.5 Å². The van der Waals surface area contributed by atoms with E-state index in [4.69, 9.17) is 14.2 Å². The first-order chi connectivity index (χ1) is 16.4. The molecule has 0 spiro atoms. The molecule has 3 rings (SSSR count). The van der Waals surface area contributed by atoms with E-state index < -0.39 is 0 Å². The number of fused-ring (bicyclic) bond motifs is 1. The first-order valence-electron chi connectivity index (χ1n) is 11.5. The summed E-state index contributed by atoms with van der Waals surface area (Å²) < 4.78 is 16.1. The molecule has 34 heavy (non-hydrogen) atoms. The smallest absolute Gasteiger partial charge is 0.265 e. The molecule has 182 valence electrons. The van der Waals surface area contributed by atoms with E-state index in [9.17, 15) is 14.4 Å². The van der Waals surface area contributed by atoms with Gasteiger partial charge in [-0.15, -0.1) is 0 Å². The number of ketones is 1. The lowest BCUT2D eigenvalue weighted by Gasteiger charge is -2.29. The summed E-state index contributed by atoms with van der Waals surface area (Å²) in [6.45, 7) is 5.29. The van der Waals surface area contributed by atoms with Gasteiger partial charge in [0.2, 0.25) is 5.91 Å². The molecular weight excluding hydrogens is 436 g/mol. The normalized spacial score (nSPS) is 12.8. The molecule has 0 saturated carbocycles. The van der Waals surface area contributed by atoms with Crippen molar-refractivity contribution in [3.8, 4) is 11.5 Å². The average Bonchev–Trinajstić information content (AvgIpc) is 2.84. The van der Waals surface area contributed by atoms with Crippen LogP contribution in [0.25, 0.3) is 0 Å². The van der Waals surface area contributed by atoms with Gasteiger partial charge in [-0.2, -0.15) is 0 Å². The van der Waals surface area contributed by atoms with Crippen molar-refractivity contribution in [2.75, 3.05) is 44.9 Å². The van der Waals surface area contributed by atoms with Gasteiger partial charge >= 0.3 is 0 Å². The van der Waals surface area contributed by atoms with Crippen molar-refractivity contribution >= 4 is 23.3 Å². The van der Waals surface area contributed by atoms with Crippen molar-refractivity contribution in [1.82, 2.24) is 5.32 Å². The topological polar surface area (TPSA) is 94.2 Å². The molecule has 0 saturated heterocycles. The van der Waals surface area contributed by atoms with Crippen molar-refractivity contribution in [2.45, 2.75) is 32.6 Å². The molecule has 8 heteroatoms. The summed E-state index contributed by atoms with van der Waals surface area (Å²) in [6.07, 6.45) is 0.767. The minimum atomic E-state index is -0.210. The number of carbonyl (C=O) groups excluding carboxylic acids is 3. The lowest BCUT2D eigenvalue weighted by atomic mass is 10.0. The highest BCUT2D eigenvalue weighted by atomic mass is 16.5. The van der Waals surface area contributed by atoms with Crippen LogP contribution in [0.2, 0.25) is 0 Å². The molecule has 0 aromatic heterocycles. The number of anilines is 1. The number of rotatable bonds is 12. The Bertz CT molecular complexity index is 1000. The number of nitrogens with one attached hydrogen (secondary N) is 1. The predicted molar refractivity (Wildman–Crippen MR) is 129 cm³/mol. The maximum atomic E-state index is 12.8. The number of hydrogen-bond acceptors (Lipinski definition) is 6. The summed E-state index contributed by atoms with van der Waals surface area (Å²) in [4.78, 5) is 38.7. The summed E-state index contributed by atoms with van der Waals surface area (Å²) in [5.74, 6) is 1.07. The molecule has 0 radical (unpaired) electrons. The predicted octanol–water partition coefficient (Wildman–Crippen LogP) is 3.34. The quantitative estimate of drug-likeness (QED) is 0.379. The summed E-state index contributed by atoms with van der Waals surface area (Å²) in [5.41, 5.74) is 2.16. The zero-order chi connectivity index (χ0) is 24.5. The van der Waals surface area contributed by atoms with Crippen LogP contribution < -0.4 is 19.7 Å². The second-order valence-electron chi connectivity index (χ2n) is 8.40. The van der Waals surface area contributed by atoms with Gasteiger partial charge in [0, 0.05) is 32.2 Å². The third-order valence-corrected chi connectivity index (χ3v) is 5.55. The maximum Gasteiger partial charge on any atom is 0.265 e. The highest BCUT2D eigenvalue weighted by Gasteiger charge is 2.26. The van der Waals surface area contributed by atoms with Crippen molar-refractivity contribution < 1.29 is 28.6 Å². The number of nitrogens with zero attached hydrogens (tertiary/aromatic N) is 1. The minimum absolute atomic E-state index is 0.0736. The van der Waals surface area contributed by atoms with Crippen molar-refractivity contribution in [1.29, 1.82) is 0 Å². The Kier molecular flexibility index (Phi) is 9.04. The van der Waals surface area contributed by atoms with E-state index in [1.807, 2.05) is 24.3 Å². The van der Waals surface area contributed by atoms with Crippen LogP contribution in [-0.2, 0) is 14.3 Å². The third kappa shape index (κ3) is 6.81. The number of Topliss-reactive ketones (excluding diaryl/α,β-unsaturated/α-hetero) is 1. The summed E-state index contributed by atoms with van der Waals surface area (Å²) in [5, 5.41) is 2.76. The highest BCUT2D eigenvalue weighted by Crippen LogP contribution is 2.33. The van der Waals surface area contributed by atoms with E-state index in [1.54, 1.807) is 30.2 Å². The highest BCUT2D eigenvalue weighted by molar-refractivity contribution is 6.02. The van der Waals surface area contributed by atoms with Crippen molar-refractivity contribution in [3.05, 3.63) is 53.6 Å². The molecule has 0 bridgehead atoms. The van der Waals surface area contributed by atoms with Crippen LogP contribution in [0, 0.1) is 0 Å². The average molecular weight is 469 g/mol. The van der Waals surface area contributed by atoms with Gasteiger partial charge in [-0.05, 0) is 48.2 Å². The second kappa shape index (κ2) is 12.2. The number of ether oxygens (including phenoxy) is 3. The van der Waals surface area contributed by atoms with E-state index in [1.165, 1.54) is 5.56 Å². The summed E-state index contributed by atoms with van der Waals surface area (Å²) >= 11 is 0. The fourth-order valence-corrected chi connectivity index (χ4v) is 3.58. The number of hydrogen-bond donors (Lipinski definition) is 1. The standard InChI is InChI=1S/C26H32N2O6/c1-18(2)19-6-9-21(10-7-19)33-16-23(29)20-8-11-24-22(15-20)28(26(31)17-34-24)13-4-5-25(30)27-12-14-32-3/h6-11,15,18H,4-5,12-14,16-17H2,1-3H3,(H,27,30). The molecule has 2 aromatic carbocycles. The monoisotopic (exact) mass is 468 g/mol. The summed E-state index contributed by atoms with van der Waals surface area (Å²) in [7, 11) is 1.57. The van der Waals surface area contributed by atoms with Crippen molar-refractivity contribution in [3.63, 3.8) is 0 Å². The molecule has 1 N–H and O–H groups in total. The van der Waals surface area contributed by atoms with E-state index >= 15 is 0 Å². The van der Waals surface area contributed by atoms with Gasteiger partial charge in [-0.3, -0.25) is 14.4 Å². The minimum Gasteiger partial charge on any atom is -0.485 e. The lowest BCUT2D eigenvalue weighted by Crippen LogP contribution is -2.40. The fraction of sp³-hybridized carbons (Fsp3) is 0.423. The van der Waals surface area contributed by atoms with Crippen LogP contribution in [-0.4, -0.2) is 57.6 Å². The Morgan fingerprint density at radius 2 is 1.91 bits per heavy atom. The van der Waals surface area contributed by atoms with Crippen LogP contribution in [0.5, 0.6) is 11.5 Å². The maximum absolute atomic E-state index is 12.8. The van der Waals surface area contributed by atoms with Gasteiger partial charge in [0.25, 0.3) is 5.91 Å². The largest absolute Gasteiger partial charge is 0.485 e. The Hall–Kier alpha value is -3.39. The molecule has 0 aliphatic carbocycles. The zero-order valence-corrected chi connectivity index (χ0v) is 20.0. The Morgan fingerprint density at radius 1 is 1.15 bits per heavy atom. The number of amides is 2. The Balaban J connectivity index is 1.60. The van der Waals surface area contributed by atoms with Crippen LogP contribution in [0.3, 0.4) is 0 Å². The molecule has 0 unspecified atom stereocenters. The van der Waals surface area contributed by atoms with Gasteiger partial charge in [0.15, 0.2) is 19.0 Å². The van der Waals surface area contributed by atoms with Gasteiger partial charge in [0.05, 0.1) is 12.3 Å². The first-order valence-corrected chi connectivity index (χ1v) is 11.5. The fourth-order valence-electron chi connectivity index (χ4n) is 3.58. The SMILES string of the molecule is COCCNC(=O)CCCN1C(=O)COc2ccc(C(=O)COc3ccc(C(C)C)cc3)cc21. The van der Waals surface area contributed by atoms with Crippen molar-refractivity contribution in [2.24, 2.45) is 0 Å². The number of carbonyl (C=O) groups is 3. The molecule has 0 atom stereocenters. The molecular formula is C26H32N2O6. The molecule has 8 nitrogen and oxygen atoms in total. The van der Waals surface area contributed by atoms with Crippen LogP contribution in [0.15, 0.2) is 42.5 Å². The van der Waals surface area contributed by atoms with E-state index in [-0.39, 0.29) is 37.2 Å². The van der Waals surface area contributed by atoms with Gasteiger partial charge in [-0.1, -0.05) is 26.0 Å². The molecule has 2 amide bonds. The Labute approximate surface area is 200 Å². The molecule has 1 aliphatic heterocycles. The van der Waals surface area contributed by atoms with E-state index in [0.717, 1.165) is 0 Å². The van der Waals surface area contributed by atoms with Crippen LogP contribution in [0.4, 0.5) is 5.69 Å². The molecule has 1 heterocycles. The third-order valence-electron chi connectivity index (χ3n) is 5.55. The first kappa shape index (κ1) is 25.2. The Morgan fingerprint density at radius 3 is 2.62 bits per heavy atom. The molecule has 0 fully saturated rings.